The minimum absolute atomic E-state index is 0.0744. The van der Waals surface area contributed by atoms with Crippen molar-refractivity contribution in [3.8, 4) is 0 Å². The lowest BCUT2D eigenvalue weighted by atomic mass is 9.57. The molecule has 2 unspecified atom stereocenters. The van der Waals surface area contributed by atoms with E-state index in [0.29, 0.717) is 11.5 Å². The fourth-order valence-corrected chi connectivity index (χ4v) is 5.19. The molecule has 0 bridgehead atoms. The fourth-order valence-electron chi connectivity index (χ4n) is 4.04. The number of rotatable bonds is 4. The van der Waals surface area contributed by atoms with Crippen molar-refractivity contribution in [2.75, 3.05) is 6.61 Å². The van der Waals surface area contributed by atoms with Gasteiger partial charge in [-0.15, -0.1) is 0 Å². The van der Waals surface area contributed by atoms with Gasteiger partial charge >= 0.3 is 0 Å². The van der Waals surface area contributed by atoms with Gasteiger partial charge in [0.05, 0.1) is 6.61 Å². The second-order valence-electron chi connectivity index (χ2n) is 9.60. The second-order valence-corrected chi connectivity index (χ2v) is 11.6. The Kier molecular flexibility index (Phi) is 5.92. The molecule has 1 N–H and O–H groups in total. The van der Waals surface area contributed by atoms with Crippen molar-refractivity contribution in [3.63, 3.8) is 0 Å². The molecule has 0 amide bonds. The van der Waals surface area contributed by atoms with Gasteiger partial charge in [0.2, 0.25) is 9.04 Å². The number of benzene rings is 1. The van der Waals surface area contributed by atoms with Crippen LogP contribution in [-0.4, -0.2) is 26.4 Å². The first-order valence-corrected chi connectivity index (χ1v) is 11.8. The third-order valence-corrected chi connectivity index (χ3v) is 6.57. The molecular weight excluding hydrogens is 343 g/mol. The average Bonchev–Trinajstić information content (AvgIpc) is 2.50. The summed E-state index contributed by atoms with van der Waals surface area (Å²) in [6.07, 6.45) is 3.22. The summed E-state index contributed by atoms with van der Waals surface area (Å²) in [5.41, 5.74) is 1.66. The summed E-state index contributed by atoms with van der Waals surface area (Å²) < 4.78 is 20.4. The number of allylic oxidation sites excluding steroid dienone is 1. The third-order valence-electron chi connectivity index (χ3n) is 5.81. The zero-order chi connectivity index (χ0) is 19.9. The van der Waals surface area contributed by atoms with E-state index < -0.39 is 14.6 Å². The molecule has 0 fully saturated rings. The maximum Gasteiger partial charge on any atom is 0.206 e. The zero-order valence-corrected chi connectivity index (χ0v) is 18.5. The third kappa shape index (κ3) is 3.83. The van der Waals surface area contributed by atoms with Gasteiger partial charge in [-0.25, -0.2) is 4.39 Å². The maximum atomic E-state index is 13.9. The molecule has 1 aromatic rings. The molecule has 0 saturated carbocycles. The van der Waals surface area contributed by atoms with Gasteiger partial charge in [-0.05, 0) is 72.0 Å². The topological polar surface area (TPSA) is 29.5 Å². The average molecular weight is 378 g/mol. The first-order valence-electron chi connectivity index (χ1n) is 9.43. The Morgan fingerprint density at radius 2 is 1.88 bits per heavy atom. The van der Waals surface area contributed by atoms with Crippen LogP contribution in [0.15, 0.2) is 24.3 Å². The SMILES string of the molecule is Cc1cc(C2=CC(C(C)(C)C)CC(C)(C)C2(CO)O[Si](C)C)ccc1F. The summed E-state index contributed by atoms with van der Waals surface area (Å²) in [7, 11) is -1.06. The minimum Gasteiger partial charge on any atom is -0.405 e. The first kappa shape index (κ1) is 21.3. The van der Waals surface area contributed by atoms with Gasteiger partial charge in [0.15, 0.2) is 0 Å². The van der Waals surface area contributed by atoms with Crippen LogP contribution < -0.4 is 0 Å². The van der Waals surface area contributed by atoms with Crippen LogP contribution in [0.1, 0.15) is 52.2 Å². The van der Waals surface area contributed by atoms with Crippen molar-refractivity contribution in [1.82, 2.24) is 0 Å². The van der Waals surface area contributed by atoms with Crippen molar-refractivity contribution in [2.45, 2.75) is 66.7 Å². The van der Waals surface area contributed by atoms with Gasteiger partial charge in [0.1, 0.15) is 11.4 Å². The fraction of sp³-hybridized carbons (Fsp3) is 0.636. The molecule has 1 aromatic carbocycles. The van der Waals surface area contributed by atoms with Crippen LogP contribution in [0.3, 0.4) is 0 Å². The smallest absolute Gasteiger partial charge is 0.206 e. The molecule has 1 aliphatic carbocycles. The molecule has 4 heteroatoms. The van der Waals surface area contributed by atoms with E-state index in [1.54, 1.807) is 6.92 Å². The molecular formula is C22H34FO2Si. The predicted molar refractivity (Wildman–Crippen MR) is 109 cm³/mol. The van der Waals surface area contributed by atoms with Crippen molar-refractivity contribution < 1.29 is 13.9 Å². The lowest BCUT2D eigenvalue weighted by molar-refractivity contribution is -0.0582. The van der Waals surface area contributed by atoms with Gasteiger partial charge in [-0.2, -0.15) is 0 Å². The van der Waals surface area contributed by atoms with E-state index in [2.05, 4.69) is 53.8 Å². The largest absolute Gasteiger partial charge is 0.405 e. The highest BCUT2D eigenvalue weighted by molar-refractivity contribution is 6.48. The maximum absolute atomic E-state index is 13.9. The normalized spacial score (nSPS) is 26.1. The van der Waals surface area contributed by atoms with Gasteiger partial charge in [-0.1, -0.05) is 46.8 Å². The van der Waals surface area contributed by atoms with Crippen LogP contribution >= 0.6 is 0 Å². The lowest BCUT2D eigenvalue weighted by Crippen LogP contribution is -2.56. The standard InChI is InChI=1S/C22H34FO2Si/c1-15-11-16(9-10-19(15)23)18-12-17(20(2,3)4)13-21(5,6)22(18,14-24)25-26(7)8/h9-12,17,24H,13-14H2,1-8H3. The molecule has 0 saturated heterocycles. The Hall–Kier alpha value is -0.973. The number of aliphatic hydroxyl groups is 1. The Labute approximate surface area is 160 Å². The number of hydrogen-bond donors (Lipinski definition) is 1. The Morgan fingerprint density at radius 1 is 1.27 bits per heavy atom. The monoisotopic (exact) mass is 377 g/mol. The summed E-state index contributed by atoms with van der Waals surface area (Å²) >= 11 is 0. The molecule has 0 spiro atoms. The van der Waals surface area contributed by atoms with Crippen molar-refractivity contribution in [2.24, 2.45) is 16.7 Å². The highest BCUT2D eigenvalue weighted by Crippen LogP contribution is 2.55. The van der Waals surface area contributed by atoms with Gasteiger partial charge in [0.25, 0.3) is 0 Å². The molecule has 0 heterocycles. The van der Waals surface area contributed by atoms with E-state index in [0.717, 1.165) is 17.6 Å². The molecule has 0 aromatic heterocycles. The molecule has 26 heavy (non-hydrogen) atoms. The molecule has 2 rings (SSSR count). The predicted octanol–water partition coefficient (Wildman–Crippen LogP) is 5.61. The summed E-state index contributed by atoms with van der Waals surface area (Å²) in [4.78, 5) is 0. The lowest BCUT2D eigenvalue weighted by Gasteiger charge is -2.54. The molecule has 145 valence electrons. The van der Waals surface area contributed by atoms with E-state index >= 15 is 0 Å². The van der Waals surface area contributed by atoms with Crippen molar-refractivity contribution >= 4 is 14.6 Å². The highest BCUT2D eigenvalue weighted by Gasteiger charge is 2.53. The van der Waals surface area contributed by atoms with Crippen LogP contribution in [-0.2, 0) is 4.43 Å². The van der Waals surface area contributed by atoms with Gasteiger partial charge in [-0.3, -0.25) is 0 Å². The molecule has 0 aliphatic heterocycles. The number of aryl methyl sites for hydroxylation is 1. The summed E-state index contributed by atoms with van der Waals surface area (Å²) in [6, 6.07) is 5.22. The number of halogens is 1. The second kappa shape index (κ2) is 7.21. The summed E-state index contributed by atoms with van der Waals surface area (Å²) in [6.45, 7) is 17.0. The van der Waals surface area contributed by atoms with Crippen LogP contribution in [0.4, 0.5) is 4.39 Å². The Balaban J connectivity index is 2.75. The number of aliphatic hydroxyl groups excluding tert-OH is 1. The quantitative estimate of drug-likeness (QED) is 0.691. The van der Waals surface area contributed by atoms with Crippen LogP contribution in [0.5, 0.6) is 0 Å². The molecule has 1 radical (unpaired) electrons. The van der Waals surface area contributed by atoms with E-state index in [-0.39, 0.29) is 23.3 Å². The highest BCUT2D eigenvalue weighted by atomic mass is 28.3. The Bertz CT molecular complexity index is 688. The number of hydrogen-bond acceptors (Lipinski definition) is 2. The summed E-state index contributed by atoms with van der Waals surface area (Å²) in [5.74, 6) is 0.147. The molecule has 1 aliphatic rings. The van der Waals surface area contributed by atoms with Crippen LogP contribution in [0, 0.1) is 29.5 Å². The van der Waals surface area contributed by atoms with E-state index in [9.17, 15) is 9.50 Å². The Morgan fingerprint density at radius 3 is 2.35 bits per heavy atom. The van der Waals surface area contributed by atoms with E-state index in [4.69, 9.17) is 4.43 Å². The molecule has 2 atom stereocenters. The first-order chi connectivity index (χ1) is 11.8. The molecule has 2 nitrogen and oxygen atoms in total. The zero-order valence-electron chi connectivity index (χ0n) is 17.5. The van der Waals surface area contributed by atoms with Crippen molar-refractivity contribution in [1.29, 1.82) is 0 Å². The van der Waals surface area contributed by atoms with Gasteiger partial charge < -0.3 is 9.53 Å². The van der Waals surface area contributed by atoms with Crippen molar-refractivity contribution in [3.05, 3.63) is 41.2 Å². The van der Waals surface area contributed by atoms with Gasteiger partial charge in [0, 0.05) is 0 Å². The van der Waals surface area contributed by atoms with Crippen LogP contribution in [0.25, 0.3) is 5.57 Å². The van der Waals surface area contributed by atoms with E-state index in [1.807, 2.05) is 12.1 Å². The van der Waals surface area contributed by atoms with E-state index in [1.165, 1.54) is 6.07 Å². The minimum atomic E-state index is -1.06. The summed E-state index contributed by atoms with van der Waals surface area (Å²) in [5, 5.41) is 10.5. The van der Waals surface area contributed by atoms with Crippen LogP contribution in [0.2, 0.25) is 13.1 Å².